The van der Waals surface area contributed by atoms with Gasteiger partial charge >= 0.3 is 27.4 Å². The first kappa shape index (κ1) is 42.1. The molecule has 2 unspecified atom stereocenters. The number of ether oxygens (including phenoxy) is 2. The minimum atomic E-state index is -5.43. The van der Waals surface area contributed by atoms with Crippen molar-refractivity contribution in [3.63, 3.8) is 0 Å². The van der Waals surface area contributed by atoms with Crippen LogP contribution in [0.15, 0.2) is 40.1 Å². The number of phosphoric acid groups is 2. The second-order valence-corrected chi connectivity index (χ2v) is 17.3. The van der Waals surface area contributed by atoms with Crippen molar-refractivity contribution in [2.75, 3.05) is 36.9 Å². The molecular formula is C33H44N8O14P2. The van der Waals surface area contributed by atoms with Crippen LogP contribution in [-0.4, -0.2) is 101 Å². The van der Waals surface area contributed by atoms with Gasteiger partial charge in [0.25, 0.3) is 0 Å². The smallest absolute Gasteiger partial charge is 0.439 e. The fraction of sp³-hybridized carbons (Fsp3) is 0.515. The average Bonchev–Trinajstić information content (AvgIpc) is 3.66. The van der Waals surface area contributed by atoms with Crippen LogP contribution in [0.1, 0.15) is 63.3 Å². The lowest BCUT2D eigenvalue weighted by Crippen LogP contribution is -2.49. The van der Waals surface area contributed by atoms with Gasteiger partial charge in [-0.2, -0.15) is 4.31 Å². The zero-order valence-corrected chi connectivity index (χ0v) is 33.1. The summed E-state index contributed by atoms with van der Waals surface area (Å²) < 4.78 is 49.6. The van der Waals surface area contributed by atoms with Crippen molar-refractivity contribution in [3.05, 3.63) is 52.4 Å². The third kappa shape index (κ3) is 9.63. The summed E-state index contributed by atoms with van der Waals surface area (Å²) in [6, 6.07) is 5.48. The summed E-state index contributed by atoms with van der Waals surface area (Å²) in [6.07, 6.45) is -3.19. The molecule has 0 radical (unpaired) electrons. The van der Waals surface area contributed by atoms with Crippen LogP contribution in [0.25, 0.3) is 22.1 Å². The third-order valence-electron chi connectivity index (χ3n) is 9.79. The van der Waals surface area contributed by atoms with Gasteiger partial charge in [-0.15, -0.1) is 0 Å². The molecule has 6 rings (SSSR count). The lowest BCUT2D eigenvalue weighted by Gasteiger charge is -2.47. The van der Waals surface area contributed by atoms with Crippen LogP contribution >= 0.6 is 15.6 Å². The van der Waals surface area contributed by atoms with Gasteiger partial charge in [-0.25, -0.2) is 33.7 Å². The molecule has 2 aliphatic heterocycles. The van der Waals surface area contributed by atoms with Crippen LogP contribution in [0.4, 0.5) is 16.3 Å². The van der Waals surface area contributed by atoms with E-state index in [1.807, 2.05) is 13.0 Å². The maximum atomic E-state index is 12.9. The number of hydrogen-bond donors (Lipinski definition) is 7. The van der Waals surface area contributed by atoms with Gasteiger partial charge in [-0.1, -0.05) is 6.92 Å². The van der Waals surface area contributed by atoms with Gasteiger partial charge in [0.1, 0.15) is 29.6 Å². The maximum absolute atomic E-state index is 12.9. The molecule has 5 heterocycles. The molecule has 0 saturated carbocycles. The van der Waals surface area contributed by atoms with E-state index in [1.165, 1.54) is 17.0 Å². The number of aryl methyl sites for hydroxylation is 1. The second kappa shape index (κ2) is 16.4. The molecule has 0 spiro atoms. The Bertz CT molecular complexity index is 2310. The highest BCUT2D eigenvalue weighted by Gasteiger charge is 2.49. The van der Waals surface area contributed by atoms with E-state index in [2.05, 4.69) is 66.2 Å². The number of amides is 2. The van der Waals surface area contributed by atoms with E-state index < -0.39 is 58.5 Å². The van der Waals surface area contributed by atoms with Crippen LogP contribution in [0.5, 0.6) is 0 Å². The van der Waals surface area contributed by atoms with Gasteiger partial charge in [-0.3, -0.25) is 13.9 Å². The highest BCUT2D eigenvalue weighted by atomic mass is 31.3. The van der Waals surface area contributed by atoms with Gasteiger partial charge in [0.15, 0.2) is 23.8 Å². The highest BCUT2D eigenvalue weighted by Crippen LogP contribution is 2.58. The molecule has 24 heteroatoms. The van der Waals surface area contributed by atoms with E-state index in [-0.39, 0.29) is 53.9 Å². The van der Waals surface area contributed by atoms with E-state index in [0.717, 1.165) is 34.9 Å². The zero-order chi connectivity index (χ0) is 41.4. The average molecular weight is 839 g/mol. The molecule has 0 aliphatic carbocycles. The summed E-state index contributed by atoms with van der Waals surface area (Å²) in [7, 11) is -10.8. The number of nitrogens with zero attached hydrogens (tertiary/aromatic N) is 5. The Kier molecular flexibility index (Phi) is 12.1. The minimum absolute atomic E-state index is 0.0144. The number of aromatic nitrogens is 4. The summed E-state index contributed by atoms with van der Waals surface area (Å²) in [5, 5.41) is 17.2. The number of nitrogens with one attached hydrogen (secondary N) is 2. The lowest BCUT2D eigenvalue weighted by molar-refractivity contribution is -0.121. The van der Waals surface area contributed by atoms with Crippen molar-refractivity contribution in [3.8, 4) is 0 Å². The van der Waals surface area contributed by atoms with E-state index in [0.29, 0.717) is 18.5 Å². The summed E-state index contributed by atoms with van der Waals surface area (Å²) >= 11 is 0. The Labute approximate surface area is 324 Å². The molecule has 1 saturated heterocycles. The highest BCUT2D eigenvalue weighted by molar-refractivity contribution is 7.60. The first-order chi connectivity index (χ1) is 26.7. The van der Waals surface area contributed by atoms with E-state index in [9.17, 15) is 33.5 Å². The van der Waals surface area contributed by atoms with E-state index in [4.69, 9.17) is 29.4 Å². The molecule has 2 aliphatic rings. The zero-order valence-electron chi connectivity index (χ0n) is 31.3. The maximum Gasteiger partial charge on any atom is 0.481 e. The number of phosphoric ester groups is 1. The van der Waals surface area contributed by atoms with Crippen molar-refractivity contribution in [2.24, 2.45) is 0 Å². The Morgan fingerprint density at radius 1 is 1.11 bits per heavy atom. The van der Waals surface area contributed by atoms with Gasteiger partial charge in [-0.05, 0) is 56.7 Å². The molecule has 310 valence electrons. The number of anilines is 2. The summed E-state index contributed by atoms with van der Waals surface area (Å²) in [5.74, 6) is 0.0216. The number of aliphatic hydroxyl groups is 1. The van der Waals surface area contributed by atoms with Crippen molar-refractivity contribution in [1.29, 1.82) is 0 Å². The largest absolute Gasteiger partial charge is 0.481 e. The number of alkyl carbamates (subject to hydrolysis) is 1. The molecule has 6 atom stereocenters. The second-order valence-electron chi connectivity index (χ2n) is 14.5. The SMILES string of the molecule is Cc1cc(=O)oc2cc3c(cc12)C(C)CC(C)(C)N3CCCC(=O)NCCNC(=O)O[C@@H]1[C@H](O)[C@@H](COP(=O)(O)OP(=O)(O)O)O[C@H]1n1cnc2c(N)ncnc21. The molecule has 57 heavy (non-hydrogen) atoms. The number of fused-ring (bicyclic) bond motifs is 3. The Morgan fingerprint density at radius 2 is 1.84 bits per heavy atom. The molecule has 22 nitrogen and oxygen atoms in total. The number of carbonyl (C=O) groups is 2. The molecular weight excluding hydrogens is 794 g/mol. The quantitative estimate of drug-likeness (QED) is 0.0543. The molecule has 1 fully saturated rings. The monoisotopic (exact) mass is 838 g/mol. The topological polar surface area (TPSA) is 313 Å². The van der Waals surface area contributed by atoms with Crippen LogP contribution in [0.2, 0.25) is 0 Å². The predicted molar refractivity (Wildman–Crippen MR) is 201 cm³/mol. The molecule has 4 aromatic rings. The van der Waals surface area contributed by atoms with Gasteiger partial charge in [0, 0.05) is 54.8 Å². The molecule has 1 aromatic carbocycles. The van der Waals surface area contributed by atoms with Crippen LogP contribution in [0.3, 0.4) is 0 Å². The predicted octanol–water partition coefficient (Wildman–Crippen LogP) is 2.09. The third-order valence-corrected chi connectivity index (χ3v) is 11.9. The minimum Gasteiger partial charge on any atom is -0.439 e. The number of rotatable bonds is 14. The van der Waals surface area contributed by atoms with Crippen LogP contribution < -0.4 is 26.9 Å². The summed E-state index contributed by atoms with van der Waals surface area (Å²) in [4.78, 5) is 79.7. The molecule has 3 aromatic heterocycles. The fourth-order valence-corrected chi connectivity index (χ4v) is 8.92. The normalized spacial score (nSPS) is 22.9. The van der Waals surface area contributed by atoms with Gasteiger partial charge in [0.05, 0.1) is 12.9 Å². The number of nitrogen functional groups attached to an aromatic ring is 1. The number of aliphatic hydroxyl groups excluding tert-OH is 1. The first-order valence-corrected chi connectivity index (χ1v) is 20.8. The molecule has 8 N–H and O–H groups in total. The molecule has 2 amide bonds. The first-order valence-electron chi connectivity index (χ1n) is 17.8. The standard InChI is InChI=1S/C33H44N8O14P2/c1-17-10-25(43)52-22-12-21-19(11-20(17)22)18(2)13-33(3,4)41(21)9-5-6-24(42)35-7-8-36-32(45)54-28-27(44)23(14-51-57(49,50)55-56(46,47)48)53-31(28)40-16-39-26-29(34)37-15-38-30(26)40/h10-12,15-16,18,23,27-28,31,44H,5-9,13-14H2,1-4H3,(H,35,42)(H,36,45)(H,49,50)(H2,34,37,38)(H2,46,47,48)/t18?,23-,27-,28-,31-/m1/s1. The Hall–Kier alpha value is -4.50. The number of nitrogens with two attached hydrogens (primary N) is 1. The van der Waals surface area contributed by atoms with Crippen LogP contribution in [0, 0.1) is 6.92 Å². The van der Waals surface area contributed by atoms with Gasteiger partial charge < -0.3 is 54.9 Å². The van der Waals surface area contributed by atoms with Crippen LogP contribution in [-0.2, 0) is 32.2 Å². The molecule has 0 bridgehead atoms. The lowest BCUT2D eigenvalue weighted by atomic mass is 9.79. The van der Waals surface area contributed by atoms with Crippen molar-refractivity contribution in [2.45, 2.75) is 83.0 Å². The number of imidazole rings is 1. The Morgan fingerprint density at radius 3 is 2.58 bits per heavy atom. The van der Waals surface area contributed by atoms with E-state index in [1.54, 1.807) is 0 Å². The Balaban J connectivity index is 1.03. The van der Waals surface area contributed by atoms with Crippen molar-refractivity contribution >= 4 is 61.3 Å². The van der Waals surface area contributed by atoms with Crippen molar-refractivity contribution < 1.29 is 61.2 Å². The number of carbonyl (C=O) groups excluding carboxylic acids is 2. The fourth-order valence-electron chi connectivity index (χ4n) is 7.32. The summed E-state index contributed by atoms with van der Waals surface area (Å²) in [6.45, 7) is 7.92. The summed E-state index contributed by atoms with van der Waals surface area (Å²) in [5.41, 5.74) is 8.97. The van der Waals surface area contributed by atoms with Crippen molar-refractivity contribution in [1.82, 2.24) is 30.2 Å². The number of hydrogen-bond acceptors (Lipinski definition) is 16. The van der Waals surface area contributed by atoms with E-state index >= 15 is 0 Å². The number of benzene rings is 1. The van der Waals surface area contributed by atoms with Gasteiger partial charge in [0.2, 0.25) is 5.91 Å².